The standard InChI is InChI=1S/C16H23NO2/c1-4-16(5-2)8-9-17(11-16)13-6-7-14(12(3)18)15(19)10-13/h6-7,10,19H,4-5,8-9,11H2,1-3H3. The van der Waals surface area contributed by atoms with E-state index in [1.165, 1.54) is 26.2 Å². The normalized spacial score (nSPS) is 17.7. The lowest BCUT2D eigenvalue weighted by Crippen LogP contribution is -2.26. The van der Waals surface area contributed by atoms with Gasteiger partial charge in [0.05, 0.1) is 5.56 Å². The van der Waals surface area contributed by atoms with E-state index in [9.17, 15) is 9.90 Å². The maximum Gasteiger partial charge on any atom is 0.163 e. The first-order valence-corrected chi connectivity index (χ1v) is 7.10. The van der Waals surface area contributed by atoms with Gasteiger partial charge in [-0.15, -0.1) is 0 Å². The zero-order valence-corrected chi connectivity index (χ0v) is 12.1. The number of anilines is 1. The minimum Gasteiger partial charge on any atom is -0.507 e. The molecule has 0 radical (unpaired) electrons. The van der Waals surface area contributed by atoms with Gasteiger partial charge in [0.25, 0.3) is 0 Å². The third kappa shape index (κ3) is 2.60. The molecule has 1 aliphatic heterocycles. The Labute approximate surface area is 115 Å². The minimum atomic E-state index is -0.0954. The Balaban J connectivity index is 2.21. The van der Waals surface area contributed by atoms with Gasteiger partial charge in [-0.25, -0.2) is 0 Å². The first-order valence-electron chi connectivity index (χ1n) is 7.10. The number of hydrogen-bond acceptors (Lipinski definition) is 3. The molecule has 0 aromatic heterocycles. The maximum absolute atomic E-state index is 11.3. The van der Waals surface area contributed by atoms with Crippen molar-refractivity contribution in [3.8, 4) is 5.75 Å². The van der Waals surface area contributed by atoms with Gasteiger partial charge in [0.1, 0.15) is 5.75 Å². The molecule has 1 saturated heterocycles. The Bertz CT molecular complexity index is 478. The average molecular weight is 261 g/mol. The van der Waals surface area contributed by atoms with Crippen LogP contribution in [0, 0.1) is 5.41 Å². The molecule has 1 aromatic rings. The molecule has 1 heterocycles. The molecule has 2 rings (SSSR count). The van der Waals surface area contributed by atoms with E-state index in [1.807, 2.05) is 6.07 Å². The van der Waals surface area contributed by atoms with Crippen LogP contribution in [0.1, 0.15) is 50.4 Å². The van der Waals surface area contributed by atoms with Crippen molar-refractivity contribution in [1.82, 2.24) is 0 Å². The first kappa shape index (κ1) is 13.9. The number of hydrogen-bond donors (Lipinski definition) is 1. The summed E-state index contributed by atoms with van der Waals surface area (Å²) in [6.07, 6.45) is 3.59. The number of aromatic hydroxyl groups is 1. The number of phenols is 1. The second-order valence-electron chi connectivity index (χ2n) is 5.64. The van der Waals surface area contributed by atoms with E-state index < -0.39 is 0 Å². The Hall–Kier alpha value is -1.51. The van der Waals surface area contributed by atoms with Crippen LogP contribution in [0.4, 0.5) is 5.69 Å². The zero-order valence-electron chi connectivity index (χ0n) is 12.1. The Morgan fingerprint density at radius 3 is 2.53 bits per heavy atom. The van der Waals surface area contributed by atoms with Crippen molar-refractivity contribution in [1.29, 1.82) is 0 Å². The molecular weight excluding hydrogens is 238 g/mol. The zero-order chi connectivity index (χ0) is 14.0. The van der Waals surface area contributed by atoms with Crippen molar-refractivity contribution in [3.63, 3.8) is 0 Å². The van der Waals surface area contributed by atoms with Gasteiger partial charge in [-0.05, 0) is 43.7 Å². The second-order valence-corrected chi connectivity index (χ2v) is 5.64. The number of carbonyl (C=O) groups excluding carboxylic acids is 1. The topological polar surface area (TPSA) is 40.5 Å². The number of Topliss-reactive ketones (excluding diaryl/α,β-unsaturated/α-hetero) is 1. The highest BCUT2D eigenvalue weighted by atomic mass is 16.3. The van der Waals surface area contributed by atoms with E-state index in [-0.39, 0.29) is 11.5 Å². The van der Waals surface area contributed by atoms with Crippen LogP contribution in [0.2, 0.25) is 0 Å². The SMILES string of the molecule is CCC1(CC)CCN(c2ccc(C(C)=O)c(O)c2)C1. The monoisotopic (exact) mass is 261 g/mol. The van der Waals surface area contributed by atoms with Gasteiger partial charge in [0, 0.05) is 24.8 Å². The number of ketones is 1. The Kier molecular flexibility index (Phi) is 3.83. The molecule has 1 N–H and O–H groups in total. The van der Waals surface area contributed by atoms with Crippen LogP contribution in [0.3, 0.4) is 0 Å². The highest BCUT2D eigenvalue weighted by Gasteiger charge is 2.35. The molecular formula is C16H23NO2. The molecule has 19 heavy (non-hydrogen) atoms. The molecule has 1 aliphatic rings. The van der Waals surface area contributed by atoms with Gasteiger partial charge < -0.3 is 10.0 Å². The van der Waals surface area contributed by atoms with Crippen molar-refractivity contribution >= 4 is 11.5 Å². The average Bonchev–Trinajstić information content (AvgIpc) is 2.83. The molecule has 104 valence electrons. The number of carbonyl (C=O) groups is 1. The van der Waals surface area contributed by atoms with E-state index >= 15 is 0 Å². The molecule has 3 nitrogen and oxygen atoms in total. The molecule has 0 aliphatic carbocycles. The fourth-order valence-electron chi connectivity index (χ4n) is 3.00. The van der Waals surface area contributed by atoms with Gasteiger partial charge in [-0.3, -0.25) is 4.79 Å². The summed E-state index contributed by atoms with van der Waals surface area (Å²) in [4.78, 5) is 13.6. The summed E-state index contributed by atoms with van der Waals surface area (Å²) < 4.78 is 0. The highest BCUT2D eigenvalue weighted by Crippen LogP contribution is 2.39. The van der Waals surface area contributed by atoms with Crippen LogP contribution in [-0.2, 0) is 0 Å². The van der Waals surface area contributed by atoms with Crippen molar-refractivity contribution in [2.24, 2.45) is 5.41 Å². The van der Waals surface area contributed by atoms with Crippen LogP contribution < -0.4 is 4.90 Å². The lowest BCUT2D eigenvalue weighted by Gasteiger charge is -2.27. The predicted molar refractivity (Wildman–Crippen MR) is 78.0 cm³/mol. The van der Waals surface area contributed by atoms with Crippen molar-refractivity contribution in [3.05, 3.63) is 23.8 Å². The fourth-order valence-corrected chi connectivity index (χ4v) is 3.00. The van der Waals surface area contributed by atoms with Crippen LogP contribution in [0.25, 0.3) is 0 Å². The summed E-state index contributed by atoms with van der Waals surface area (Å²) in [7, 11) is 0. The molecule has 0 bridgehead atoms. The number of benzene rings is 1. The van der Waals surface area contributed by atoms with Crippen molar-refractivity contribution in [2.45, 2.75) is 40.0 Å². The van der Waals surface area contributed by atoms with E-state index in [4.69, 9.17) is 0 Å². The van der Waals surface area contributed by atoms with Gasteiger partial charge >= 0.3 is 0 Å². The second kappa shape index (κ2) is 5.24. The summed E-state index contributed by atoms with van der Waals surface area (Å²) in [5, 5.41) is 9.92. The van der Waals surface area contributed by atoms with Crippen LogP contribution in [-0.4, -0.2) is 24.0 Å². The minimum absolute atomic E-state index is 0.0931. The van der Waals surface area contributed by atoms with Crippen LogP contribution in [0.5, 0.6) is 5.75 Å². The molecule has 0 saturated carbocycles. The van der Waals surface area contributed by atoms with Crippen LogP contribution >= 0.6 is 0 Å². The molecule has 0 unspecified atom stereocenters. The van der Waals surface area contributed by atoms with Gasteiger partial charge in [-0.2, -0.15) is 0 Å². The summed E-state index contributed by atoms with van der Waals surface area (Å²) in [6.45, 7) is 8.05. The number of phenolic OH excluding ortho intramolecular Hbond substituents is 1. The summed E-state index contributed by atoms with van der Waals surface area (Å²) >= 11 is 0. The maximum atomic E-state index is 11.3. The molecule has 0 amide bonds. The summed E-state index contributed by atoms with van der Waals surface area (Å²) in [5.74, 6) is -0.00238. The number of nitrogens with zero attached hydrogens (tertiary/aromatic N) is 1. The summed E-state index contributed by atoms with van der Waals surface area (Å²) in [5.41, 5.74) is 1.83. The van der Waals surface area contributed by atoms with Gasteiger partial charge in [-0.1, -0.05) is 13.8 Å². The molecule has 1 aromatic carbocycles. The first-order chi connectivity index (χ1) is 9.01. The van der Waals surface area contributed by atoms with Crippen molar-refractivity contribution < 1.29 is 9.90 Å². The van der Waals surface area contributed by atoms with E-state index in [2.05, 4.69) is 18.7 Å². The lowest BCUT2D eigenvalue weighted by molar-refractivity contribution is 0.101. The largest absolute Gasteiger partial charge is 0.507 e. The lowest BCUT2D eigenvalue weighted by atomic mass is 9.82. The Morgan fingerprint density at radius 1 is 1.37 bits per heavy atom. The smallest absolute Gasteiger partial charge is 0.163 e. The van der Waals surface area contributed by atoms with Gasteiger partial charge in [0.15, 0.2) is 5.78 Å². The Morgan fingerprint density at radius 2 is 2.05 bits per heavy atom. The van der Waals surface area contributed by atoms with Gasteiger partial charge in [0.2, 0.25) is 0 Å². The van der Waals surface area contributed by atoms with E-state index in [1.54, 1.807) is 12.1 Å². The number of rotatable bonds is 4. The van der Waals surface area contributed by atoms with E-state index in [0.717, 1.165) is 18.8 Å². The van der Waals surface area contributed by atoms with Crippen molar-refractivity contribution in [2.75, 3.05) is 18.0 Å². The molecule has 0 spiro atoms. The third-order valence-electron chi connectivity index (χ3n) is 4.66. The molecule has 3 heteroatoms. The summed E-state index contributed by atoms with van der Waals surface area (Å²) in [6, 6.07) is 5.39. The van der Waals surface area contributed by atoms with Crippen LogP contribution in [0.15, 0.2) is 18.2 Å². The fraction of sp³-hybridized carbons (Fsp3) is 0.562. The molecule has 1 fully saturated rings. The quantitative estimate of drug-likeness (QED) is 0.842. The highest BCUT2D eigenvalue weighted by molar-refractivity contribution is 5.97. The third-order valence-corrected chi connectivity index (χ3v) is 4.66. The van der Waals surface area contributed by atoms with E-state index in [0.29, 0.717) is 11.0 Å². The predicted octanol–water partition coefficient (Wildman–Crippen LogP) is 3.61. The molecule has 0 atom stereocenters.